The molecular weight excluding hydrogens is 340 g/mol. The predicted molar refractivity (Wildman–Crippen MR) is 93.3 cm³/mol. The maximum atomic E-state index is 11.2. The van der Waals surface area contributed by atoms with Gasteiger partial charge in [0.05, 0.1) is 6.42 Å². The number of allylic oxidation sites excluding steroid dienone is 2. The Hall–Kier alpha value is -2.13. The third-order valence-corrected chi connectivity index (χ3v) is 4.39. The lowest BCUT2D eigenvalue weighted by molar-refractivity contribution is -0.135. The van der Waals surface area contributed by atoms with E-state index in [0.717, 1.165) is 37.9 Å². The second-order valence-corrected chi connectivity index (χ2v) is 6.25. The molecule has 0 radical (unpaired) electrons. The van der Waals surface area contributed by atoms with Crippen molar-refractivity contribution in [1.29, 1.82) is 0 Å². The van der Waals surface area contributed by atoms with E-state index in [1.54, 1.807) is 0 Å². The maximum absolute atomic E-state index is 11.2. The van der Waals surface area contributed by atoms with Gasteiger partial charge < -0.3 is 5.11 Å². The van der Waals surface area contributed by atoms with Crippen LogP contribution in [0.3, 0.4) is 0 Å². The van der Waals surface area contributed by atoms with Crippen molar-refractivity contribution in [2.75, 3.05) is 0 Å². The minimum Gasteiger partial charge on any atom is -0.481 e. The van der Waals surface area contributed by atoms with E-state index in [9.17, 15) is 9.90 Å². The standard InChI is InChI=1S/C19H15BrO2/c1-12-16(9-13-5-3-2-4-6-13)15-8-7-14(20)10-18(15)17(12)11-19(21)22/h2-10H,11H2,1H3,(H,21,22)/b16-9-. The molecule has 3 heteroatoms. The summed E-state index contributed by atoms with van der Waals surface area (Å²) < 4.78 is 0.961. The van der Waals surface area contributed by atoms with Crippen molar-refractivity contribution in [3.63, 3.8) is 0 Å². The highest BCUT2D eigenvalue weighted by atomic mass is 79.9. The van der Waals surface area contributed by atoms with Crippen molar-refractivity contribution in [2.24, 2.45) is 0 Å². The highest BCUT2D eigenvalue weighted by Gasteiger charge is 2.25. The smallest absolute Gasteiger partial charge is 0.307 e. The van der Waals surface area contributed by atoms with Crippen LogP contribution in [0.4, 0.5) is 0 Å². The number of fused-ring (bicyclic) bond motifs is 1. The number of carboxylic acid groups (broad SMARTS) is 1. The first kappa shape index (κ1) is 14.8. The lowest BCUT2D eigenvalue weighted by atomic mass is 10.0. The Morgan fingerprint density at radius 1 is 1.14 bits per heavy atom. The summed E-state index contributed by atoms with van der Waals surface area (Å²) in [5, 5.41) is 9.20. The van der Waals surface area contributed by atoms with Gasteiger partial charge >= 0.3 is 5.97 Å². The van der Waals surface area contributed by atoms with E-state index < -0.39 is 5.97 Å². The van der Waals surface area contributed by atoms with Crippen LogP contribution >= 0.6 is 15.9 Å². The average molecular weight is 355 g/mol. The SMILES string of the molecule is CC1=C(CC(=O)O)c2cc(Br)ccc2/C1=C\c1ccccc1. The van der Waals surface area contributed by atoms with E-state index in [-0.39, 0.29) is 6.42 Å². The molecule has 0 saturated carbocycles. The van der Waals surface area contributed by atoms with Gasteiger partial charge in [-0.3, -0.25) is 4.79 Å². The van der Waals surface area contributed by atoms with Gasteiger partial charge in [-0.2, -0.15) is 0 Å². The van der Waals surface area contributed by atoms with Gasteiger partial charge in [0, 0.05) is 4.47 Å². The van der Waals surface area contributed by atoms with Crippen LogP contribution in [0, 0.1) is 0 Å². The Morgan fingerprint density at radius 2 is 1.86 bits per heavy atom. The van der Waals surface area contributed by atoms with Crippen molar-refractivity contribution >= 4 is 39.1 Å². The minimum atomic E-state index is -0.804. The predicted octanol–water partition coefficient (Wildman–Crippen LogP) is 5.25. The molecule has 0 heterocycles. The summed E-state index contributed by atoms with van der Waals surface area (Å²) in [4.78, 5) is 11.2. The summed E-state index contributed by atoms with van der Waals surface area (Å²) in [6.45, 7) is 2.00. The fourth-order valence-corrected chi connectivity index (χ4v) is 3.21. The number of carbonyl (C=O) groups is 1. The topological polar surface area (TPSA) is 37.3 Å². The molecule has 2 aromatic carbocycles. The Labute approximate surface area is 137 Å². The first-order valence-corrected chi connectivity index (χ1v) is 7.84. The zero-order valence-electron chi connectivity index (χ0n) is 12.1. The fourth-order valence-electron chi connectivity index (χ4n) is 2.85. The van der Waals surface area contributed by atoms with Crippen molar-refractivity contribution in [2.45, 2.75) is 13.3 Å². The molecule has 22 heavy (non-hydrogen) atoms. The normalized spacial score (nSPS) is 15.3. The Bertz CT molecular complexity index is 801. The first-order chi connectivity index (χ1) is 10.6. The zero-order valence-corrected chi connectivity index (χ0v) is 13.7. The second-order valence-electron chi connectivity index (χ2n) is 5.33. The molecule has 2 nitrogen and oxygen atoms in total. The van der Waals surface area contributed by atoms with Crippen molar-refractivity contribution in [1.82, 2.24) is 0 Å². The first-order valence-electron chi connectivity index (χ1n) is 7.05. The summed E-state index contributed by atoms with van der Waals surface area (Å²) >= 11 is 3.48. The van der Waals surface area contributed by atoms with Gasteiger partial charge in [-0.05, 0) is 58.5 Å². The average Bonchev–Trinajstić information content (AvgIpc) is 2.73. The van der Waals surface area contributed by atoms with Gasteiger partial charge in [-0.25, -0.2) is 0 Å². The molecule has 0 aliphatic heterocycles. The molecule has 2 aromatic rings. The van der Waals surface area contributed by atoms with E-state index in [0.29, 0.717) is 0 Å². The van der Waals surface area contributed by atoms with Crippen LogP contribution in [0.5, 0.6) is 0 Å². The van der Waals surface area contributed by atoms with E-state index in [4.69, 9.17) is 0 Å². The number of carboxylic acids is 1. The van der Waals surface area contributed by atoms with E-state index in [1.165, 1.54) is 0 Å². The molecule has 110 valence electrons. The largest absolute Gasteiger partial charge is 0.481 e. The monoisotopic (exact) mass is 354 g/mol. The number of halogens is 1. The van der Waals surface area contributed by atoms with Gasteiger partial charge in [0.1, 0.15) is 0 Å². The Balaban J connectivity index is 2.17. The third-order valence-electron chi connectivity index (χ3n) is 3.89. The molecule has 1 aliphatic carbocycles. The second kappa shape index (κ2) is 5.93. The molecular formula is C19H15BrO2. The van der Waals surface area contributed by atoms with Crippen LogP contribution in [0.25, 0.3) is 17.2 Å². The number of hydrogen-bond acceptors (Lipinski definition) is 1. The molecule has 3 rings (SSSR count). The lowest BCUT2D eigenvalue weighted by Crippen LogP contribution is -1.96. The van der Waals surface area contributed by atoms with Crippen molar-refractivity contribution < 1.29 is 9.90 Å². The lowest BCUT2D eigenvalue weighted by Gasteiger charge is -2.05. The number of hydrogen-bond donors (Lipinski definition) is 1. The number of benzene rings is 2. The van der Waals surface area contributed by atoms with Crippen LogP contribution in [0.1, 0.15) is 30.0 Å². The van der Waals surface area contributed by atoms with Crippen LogP contribution < -0.4 is 0 Å². The Kier molecular flexibility index (Phi) is 3.99. The van der Waals surface area contributed by atoms with Gasteiger partial charge in [-0.15, -0.1) is 0 Å². The van der Waals surface area contributed by atoms with Crippen LogP contribution in [-0.4, -0.2) is 11.1 Å². The maximum Gasteiger partial charge on any atom is 0.307 e. The number of rotatable bonds is 3. The van der Waals surface area contributed by atoms with Gasteiger partial charge in [0.25, 0.3) is 0 Å². The van der Waals surface area contributed by atoms with E-state index >= 15 is 0 Å². The zero-order chi connectivity index (χ0) is 15.7. The number of aliphatic carboxylic acids is 1. The van der Waals surface area contributed by atoms with Crippen LogP contribution in [0.15, 0.2) is 58.6 Å². The summed E-state index contributed by atoms with van der Waals surface area (Å²) in [6.07, 6.45) is 2.17. The molecule has 1 aliphatic rings. The molecule has 0 amide bonds. The summed E-state index contributed by atoms with van der Waals surface area (Å²) in [5.74, 6) is -0.804. The van der Waals surface area contributed by atoms with Crippen molar-refractivity contribution in [3.8, 4) is 0 Å². The summed E-state index contributed by atoms with van der Waals surface area (Å²) in [7, 11) is 0. The molecule has 0 aromatic heterocycles. The molecule has 0 saturated heterocycles. The summed E-state index contributed by atoms with van der Waals surface area (Å²) in [6, 6.07) is 16.1. The molecule has 0 atom stereocenters. The van der Waals surface area contributed by atoms with Gasteiger partial charge in [-0.1, -0.05) is 52.3 Å². The van der Waals surface area contributed by atoms with E-state index in [1.807, 2.05) is 55.5 Å². The van der Waals surface area contributed by atoms with Gasteiger partial charge in [0.15, 0.2) is 0 Å². The minimum absolute atomic E-state index is 0.0431. The van der Waals surface area contributed by atoms with Crippen LogP contribution in [0.2, 0.25) is 0 Å². The highest BCUT2D eigenvalue weighted by Crippen LogP contribution is 2.44. The third kappa shape index (κ3) is 2.77. The van der Waals surface area contributed by atoms with Gasteiger partial charge in [0.2, 0.25) is 0 Å². The molecule has 0 bridgehead atoms. The highest BCUT2D eigenvalue weighted by molar-refractivity contribution is 9.10. The van der Waals surface area contributed by atoms with Crippen LogP contribution in [-0.2, 0) is 4.79 Å². The molecule has 0 unspecified atom stereocenters. The fraction of sp³-hybridized carbons (Fsp3) is 0.105. The molecule has 0 spiro atoms. The van der Waals surface area contributed by atoms with Crippen molar-refractivity contribution in [3.05, 3.63) is 75.3 Å². The summed E-state index contributed by atoms with van der Waals surface area (Å²) in [5.41, 5.74) is 6.26. The molecule has 0 fully saturated rings. The van der Waals surface area contributed by atoms with E-state index in [2.05, 4.69) is 22.0 Å². The Morgan fingerprint density at radius 3 is 2.55 bits per heavy atom. The quantitative estimate of drug-likeness (QED) is 0.816. The molecule has 1 N–H and O–H groups in total.